The van der Waals surface area contributed by atoms with Crippen LogP contribution in [0.2, 0.25) is 0 Å². The van der Waals surface area contributed by atoms with Gasteiger partial charge >= 0.3 is 11.8 Å². The number of hydrogen-bond donors (Lipinski definition) is 1. The Labute approximate surface area is 113 Å². The Morgan fingerprint density at radius 1 is 1.42 bits per heavy atom. The number of amides is 1. The summed E-state index contributed by atoms with van der Waals surface area (Å²) in [6.07, 6.45) is 0. The van der Waals surface area contributed by atoms with Crippen molar-refractivity contribution in [3.63, 3.8) is 0 Å². The van der Waals surface area contributed by atoms with Crippen LogP contribution in [-0.4, -0.2) is 26.1 Å². The molecule has 19 heavy (non-hydrogen) atoms. The molecular weight excluding hydrogens is 285 g/mol. The highest BCUT2D eigenvalue weighted by molar-refractivity contribution is 6.06. The number of nitrogens with two attached hydrogens (primary N) is 1. The number of hydrogen-bond acceptors (Lipinski definition) is 3. The number of halogens is 4. The fourth-order valence-electron chi connectivity index (χ4n) is 2.01. The largest absolute Gasteiger partial charge is 0.496 e. The molecule has 2 N–H and O–H groups in total. The van der Waals surface area contributed by atoms with Crippen molar-refractivity contribution >= 4 is 24.0 Å². The Balaban J connectivity index is 0.00000180. The summed E-state index contributed by atoms with van der Waals surface area (Å²) in [7, 11) is 1.18. The number of rotatable bonds is 3. The topological polar surface area (TPSA) is 55.6 Å². The van der Waals surface area contributed by atoms with Gasteiger partial charge in [-0.2, -0.15) is 8.78 Å². The molecule has 1 amide bonds. The van der Waals surface area contributed by atoms with Gasteiger partial charge < -0.3 is 15.4 Å². The third-order valence-electron chi connectivity index (χ3n) is 2.76. The first-order valence-electron chi connectivity index (χ1n) is 5.22. The predicted octanol–water partition coefficient (Wildman–Crippen LogP) is 1.65. The lowest BCUT2D eigenvalue weighted by atomic mass is 10.1. The van der Waals surface area contributed by atoms with Crippen LogP contribution in [0.5, 0.6) is 5.75 Å². The molecule has 2 rings (SSSR count). The van der Waals surface area contributed by atoms with Crippen LogP contribution in [0, 0.1) is 5.82 Å². The molecule has 0 radical (unpaired) electrons. The summed E-state index contributed by atoms with van der Waals surface area (Å²) in [6.45, 7) is -0.219. The Kier molecular flexibility index (Phi) is 4.32. The number of ether oxygens (including phenoxy) is 1. The van der Waals surface area contributed by atoms with Gasteiger partial charge in [0.1, 0.15) is 11.6 Å². The van der Waals surface area contributed by atoms with Gasteiger partial charge in [-0.25, -0.2) is 4.39 Å². The second kappa shape index (κ2) is 5.26. The Hall–Kier alpha value is -1.47. The third-order valence-corrected chi connectivity index (χ3v) is 2.76. The van der Waals surface area contributed by atoms with Crippen molar-refractivity contribution in [2.75, 3.05) is 25.1 Å². The Morgan fingerprint density at radius 3 is 2.58 bits per heavy atom. The van der Waals surface area contributed by atoms with Gasteiger partial charge in [-0.15, -0.1) is 12.4 Å². The molecule has 0 fully saturated rings. The molecule has 1 aliphatic heterocycles. The van der Waals surface area contributed by atoms with E-state index in [1.54, 1.807) is 0 Å². The molecule has 1 aromatic carbocycles. The Morgan fingerprint density at radius 2 is 2.05 bits per heavy atom. The summed E-state index contributed by atoms with van der Waals surface area (Å²) in [6, 6.07) is 2.05. The minimum absolute atomic E-state index is 0. The lowest BCUT2D eigenvalue weighted by Gasteiger charge is -2.16. The van der Waals surface area contributed by atoms with Crippen molar-refractivity contribution in [1.82, 2.24) is 0 Å². The van der Waals surface area contributed by atoms with Gasteiger partial charge in [0.05, 0.1) is 18.4 Å². The van der Waals surface area contributed by atoms with Crippen molar-refractivity contribution in [1.29, 1.82) is 0 Å². The molecule has 106 valence electrons. The minimum Gasteiger partial charge on any atom is -0.496 e. The van der Waals surface area contributed by atoms with E-state index in [2.05, 4.69) is 0 Å². The molecule has 4 nitrogen and oxygen atoms in total. The fraction of sp³-hybridized carbons (Fsp3) is 0.364. The van der Waals surface area contributed by atoms with Crippen LogP contribution in [0.15, 0.2) is 12.1 Å². The predicted molar refractivity (Wildman–Crippen MR) is 65.5 cm³/mol. The van der Waals surface area contributed by atoms with E-state index < -0.39 is 28.9 Å². The molecule has 1 aromatic rings. The van der Waals surface area contributed by atoms with Crippen molar-refractivity contribution in [2.24, 2.45) is 5.73 Å². The highest BCUT2D eigenvalue weighted by Crippen LogP contribution is 2.49. The number of anilines is 1. The normalized spacial score (nSPS) is 16.1. The zero-order valence-electron chi connectivity index (χ0n) is 9.95. The van der Waals surface area contributed by atoms with E-state index in [1.165, 1.54) is 7.11 Å². The standard InChI is InChI=1S/C11H11F3N2O2.ClH/c1-18-7-3-2-6(12)9-8(7)11(13,14)10(17)16(9)5-4-15;/h2-3H,4-5,15H2,1H3;1H. The van der Waals surface area contributed by atoms with E-state index in [0.29, 0.717) is 4.90 Å². The minimum atomic E-state index is -3.79. The van der Waals surface area contributed by atoms with Crippen molar-refractivity contribution in [3.05, 3.63) is 23.5 Å². The average molecular weight is 297 g/mol. The van der Waals surface area contributed by atoms with Crippen molar-refractivity contribution in [3.8, 4) is 5.75 Å². The van der Waals surface area contributed by atoms with Crippen LogP contribution >= 0.6 is 12.4 Å². The van der Waals surface area contributed by atoms with Crippen molar-refractivity contribution < 1.29 is 22.7 Å². The summed E-state index contributed by atoms with van der Waals surface area (Å²) in [5.74, 6) is -6.39. The van der Waals surface area contributed by atoms with Crippen LogP contribution in [0.4, 0.5) is 18.9 Å². The molecule has 0 bridgehead atoms. The lowest BCUT2D eigenvalue weighted by molar-refractivity contribution is -0.141. The smallest absolute Gasteiger partial charge is 0.355 e. The number of alkyl halides is 2. The molecular formula is C11H12ClF3N2O2. The second-order valence-corrected chi connectivity index (χ2v) is 3.79. The maximum atomic E-state index is 13.9. The number of carbonyl (C=O) groups excluding carboxylic acids is 1. The van der Waals surface area contributed by atoms with Crippen LogP contribution in [-0.2, 0) is 10.7 Å². The van der Waals surface area contributed by atoms with Gasteiger partial charge in [-0.3, -0.25) is 4.79 Å². The average Bonchev–Trinajstić information content (AvgIpc) is 2.53. The molecule has 0 aliphatic carbocycles. The number of fused-ring (bicyclic) bond motifs is 1. The maximum Gasteiger partial charge on any atom is 0.355 e. The number of carbonyl (C=O) groups is 1. The SMILES string of the molecule is COc1ccc(F)c2c1C(F)(F)C(=O)N2CCN.Cl. The van der Waals surface area contributed by atoms with E-state index in [9.17, 15) is 18.0 Å². The summed E-state index contributed by atoms with van der Waals surface area (Å²) in [5.41, 5.74) is 4.06. The molecule has 1 heterocycles. The first-order chi connectivity index (χ1) is 8.45. The molecule has 0 saturated heterocycles. The Bertz CT molecular complexity index is 511. The van der Waals surface area contributed by atoms with Crippen molar-refractivity contribution in [2.45, 2.75) is 5.92 Å². The quantitative estimate of drug-likeness (QED) is 0.923. The molecule has 8 heteroatoms. The van der Waals surface area contributed by atoms with Gasteiger partial charge in [0.25, 0.3) is 0 Å². The maximum absolute atomic E-state index is 13.9. The van der Waals surface area contributed by atoms with E-state index in [1.807, 2.05) is 0 Å². The summed E-state index contributed by atoms with van der Waals surface area (Å²) in [5, 5.41) is 0. The van der Waals surface area contributed by atoms with E-state index in [0.717, 1.165) is 12.1 Å². The number of methoxy groups -OCH3 is 1. The first kappa shape index (κ1) is 15.6. The van der Waals surface area contributed by atoms with Gasteiger partial charge in [0.2, 0.25) is 0 Å². The fourth-order valence-corrected chi connectivity index (χ4v) is 2.01. The second-order valence-electron chi connectivity index (χ2n) is 3.79. The molecule has 0 unspecified atom stereocenters. The van der Waals surface area contributed by atoms with Gasteiger partial charge in [0, 0.05) is 13.1 Å². The van der Waals surface area contributed by atoms with E-state index in [4.69, 9.17) is 10.5 Å². The van der Waals surface area contributed by atoms with E-state index >= 15 is 0 Å². The molecule has 0 saturated carbocycles. The number of benzene rings is 1. The summed E-state index contributed by atoms with van der Waals surface area (Å²) in [4.78, 5) is 12.3. The molecule has 0 aromatic heterocycles. The van der Waals surface area contributed by atoms with Crippen LogP contribution in [0.3, 0.4) is 0 Å². The zero-order valence-corrected chi connectivity index (χ0v) is 10.8. The lowest BCUT2D eigenvalue weighted by Crippen LogP contribution is -2.37. The summed E-state index contributed by atoms with van der Waals surface area (Å²) < 4.78 is 46.1. The van der Waals surface area contributed by atoms with Crippen LogP contribution in [0.25, 0.3) is 0 Å². The van der Waals surface area contributed by atoms with E-state index in [-0.39, 0.29) is 31.2 Å². The van der Waals surface area contributed by atoms with Crippen LogP contribution < -0.4 is 15.4 Å². The molecule has 1 aliphatic rings. The first-order valence-corrected chi connectivity index (χ1v) is 5.22. The van der Waals surface area contributed by atoms with Gasteiger partial charge in [0.15, 0.2) is 0 Å². The zero-order chi connectivity index (χ0) is 13.5. The highest BCUT2D eigenvalue weighted by Gasteiger charge is 2.55. The summed E-state index contributed by atoms with van der Waals surface area (Å²) >= 11 is 0. The molecule has 0 atom stereocenters. The van der Waals surface area contributed by atoms with Crippen LogP contribution in [0.1, 0.15) is 5.56 Å². The van der Waals surface area contributed by atoms with Gasteiger partial charge in [-0.1, -0.05) is 0 Å². The highest BCUT2D eigenvalue weighted by atomic mass is 35.5. The molecule has 0 spiro atoms. The monoisotopic (exact) mass is 296 g/mol. The number of nitrogens with zero attached hydrogens (tertiary/aromatic N) is 1. The third kappa shape index (κ3) is 2.12. The van der Waals surface area contributed by atoms with Gasteiger partial charge in [-0.05, 0) is 12.1 Å².